The van der Waals surface area contributed by atoms with E-state index in [-0.39, 0.29) is 24.5 Å². The fourth-order valence-corrected chi connectivity index (χ4v) is 0.859. The Morgan fingerprint density at radius 3 is 2.33 bits per heavy atom. The lowest BCUT2D eigenvalue weighted by Gasteiger charge is -2.14. The summed E-state index contributed by atoms with van der Waals surface area (Å²) in [6.07, 6.45) is 0. The lowest BCUT2D eigenvalue weighted by atomic mass is 10.2. The molecule has 0 aromatic rings. The number of amides is 1. The van der Waals surface area contributed by atoms with Crippen LogP contribution in [0.1, 0.15) is 20.8 Å². The maximum atomic E-state index is 11.4. The molecule has 1 unspecified atom stereocenters. The molecule has 1 atom stereocenters. The Morgan fingerprint density at radius 2 is 1.87 bits per heavy atom. The molecule has 0 aliphatic heterocycles. The summed E-state index contributed by atoms with van der Waals surface area (Å²) in [5.41, 5.74) is 0. The van der Waals surface area contributed by atoms with E-state index in [1.54, 1.807) is 6.92 Å². The van der Waals surface area contributed by atoms with Crippen LogP contribution in [0.5, 0.6) is 0 Å². The topological polar surface area (TPSA) is 67.4 Å². The molecule has 5 heteroatoms. The predicted molar refractivity (Wildman–Crippen MR) is 57.3 cm³/mol. The Morgan fingerprint density at radius 1 is 1.27 bits per heavy atom. The smallest absolute Gasteiger partial charge is 0.319 e. The number of carbonyl (C=O) groups excluding carboxylic acids is 2. The van der Waals surface area contributed by atoms with E-state index in [9.17, 15) is 9.59 Å². The van der Waals surface area contributed by atoms with Gasteiger partial charge in [0.25, 0.3) is 0 Å². The van der Waals surface area contributed by atoms with Crippen LogP contribution in [0.15, 0.2) is 0 Å². The van der Waals surface area contributed by atoms with Crippen LogP contribution in [-0.2, 0) is 14.3 Å². The highest BCUT2D eigenvalue weighted by Gasteiger charge is 2.13. The summed E-state index contributed by atoms with van der Waals surface area (Å²) in [6, 6.07) is -0.386. The molecule has 5 nitrogen and oxygen atoms in total. The van der Waals surface area contributed by atoms with Crippen molar-refractivity contribution in [2.24, 2.45) is 5.92 Å². The average molecular weight is 216 g/mol. The first-order valence-corrected chi connectivity index (χ1v) is 5.05. The van der Waals surface area contributed by atoms with Crippen LogP contribution in [-0.4, -0.2) is 38.1 Å². The second kappa shape index (κ2) is 7.23. The van der Waals surface area contributed by atoms with E-state index in [0.29, 0.717) is 12.5 Å². The Balaban J connectivity index is 3.74. The molecule has 15 heavy (non-hydrogen) atoms. The first kappa shape index (κ1) is 13.9. The van der Waals surface area contributed by atoms with Crippen LogP contribution >= 0.6 is 0 Å². The van der Waals surface area contributed by atoms with E-state index in [1.807, 2.05) is 13.8 Å². The van der Waals surface area contributed by atoms with Crippen LogP contribution in [0.2, 0.25) is 0 Å². The first-order chi connectivity index (χ1) is 6.97. The van der Waals surface area contributed by atoms with Crippen molar-refractivity contribution in [3.05, 3.63) is 0 Å². The molecule has 0 aliphatic rings. The molecular formula is C10H20N2O3. The van der Waals surface area contributed by atoms with Gasteiger partial charge in [0.05, 0.1) is 19.7 Å². The number of carbonyl (C=O) groups is 2. The number of methoxy groups -OCH3 is 1. The van der Waals surface area contributed by atoms with Crippen molar-refractivity contribution in [2.75, 3.05) is 20.2 Å². The third-order valence-electron chi connectivity index (χ3n) is 1.86. The summed E-state index contributed by atoms with van der Waals surface area (Å²) in [7, 11) is 1.31. The number of ether oxygens (including phenoxy) is 1. The third kappa shape index (κ3) is 6.90. The van der Waals surface area contributed by atoms with Crippen molar-refractivity contribution in [1.82, 2.24) is 10.6 Å². The highest BCUT2D eigenvalue weighted by atomic mass is 16.5. The number of nitrogens with one attached hydrogen (secondary N) is 2. The van der Waals surface area contributed by atoms with Gasteiger partial charge in [-0.25, -0.2) is 0 Å². The van der Waals surface area contributed by atoms with Gasteiger partial charge in [-0.15, -0.1) is 0 Å². The maximum Gasteiger partial charge on any atom is 0.319 e. The fraction of sp³-hybridized carbons (Fsp3) is 0.800. The van der Waals surface area contributed by atoms with Crippen molar-refractivity contribution in [1.29, 1.82) is 0 Å². The molecule has 0 bridgehead atoms. The van der Waals surface area contributed by atoms with Crippen LogP contribution in [0.25, 0.3) is 0 Å². The summed E-state index contributed by atoms with van der Waals surface area (Å²) in [5.74, 6) is -0.0622. The van der Waals surface area contributed by atoms with E-state index in [0.717, 1.165) is 0 Å². The predicted octanol–water partition coefficient (Wildman–Crippen LogP) is -0.0903. The average Bonchev–Trinajstić information content (AvgIpc) is 2.21. The highest BCUT2D eigenvalue weighted by Crippen LogP contribution is 1.89. The molecule has 0 aromatic carbocycles. The first-order valence-electron chi connectivity index (χ1n) is 5.05. The van der Waals surface area contributed by atoms with Crippen LogP contribution in [0.4, 0.5) is 0 Å². The summed E-state index contributed by atoms with van der Waals surface area (Å²) >= 11 is 0. The Bertz CT molecular complexity index is 217. The van der Waals surface area contributed by atoms with Crippen molar-refractivity contribution >= 4 is 11.9 Å². The van der Waals surface area contributed by atoms with Gasteiger partial charge >= 0.3 is 5.97 Å². The molecule has 2 N–H and O–H groups in total. The van der Waals surface area contributed by atoms with Gasteiger partial charge in [-0.2, -0.15) is 0 Å². The summed E-state index contributed by atoms with van der Waals surface area (Å²) in [6.45, 7) is 6.44. The molecule has 0 spiro atoms. The standard InChI is InChI=1S/C10H20N2O3/c1-7(2)5-12-10(14)8(3)11-6-9(13)15-4/h7-8,11H,5-6H2,1-4H3,(H,12,14). The minimum atomic E-state index is -0.386. The molecule has 1 amide bonds. The zero-order valence-corrected chi connectivity index (χ0v) is 9.79. The van der Waals surface area contributed by atoms with E-state index < -0.39 is 0 Å². The van der Waals surface area contributed by atoms with Gasteiger partial charge in [-0.1, -0.05) is 13.8 Å². The molecule has 0 saturated heterocycles. The van der Waals surface area contributed by atoms with Crippen molar-refractivity contribution < 1.29 is 14.3 Å². The Kier molecular flexibility index (Phi) is 6.70. The van der Waals surface area contributed by atoms with Gasteiger partial charge in [0, 0.05) is 6.54 Å². The lowest BCUT2D eigenvalue weighted by molar-refractivity contribution is -0.139. The van der Waals surface area contributed by atoms with E-state index in [4.69, 9.17) is 0 Å². The maximum absolute atomic E-state index is 11.4. The second-order valence-corrected chi connectivity index (χ2v) is 3.82. The molecular weight excluding hydrogens is 196 g/mol. The van der Waals surface area contributed by atoms with Crippen molar-refractivity contribution in [2.45, 2.75) is 26.8 Å². The van der Waals surface area contributed by atoms with E-state index >= 15 is 0 Å². The van der Waals surface area contributed by atoms with Gasteiger partial charge in [-0.3, -0.25) is 14.9 Å². The van der Waals surface area contributed by atoms with Crippen LogP contribution in [0, 0.1) is 5.92 Å². The molecule has 0 rings (SSSR count). The number of hydrogen-bond acceptors (Lipinski definition) is 4. The van der Waals surface area contributed by atoms with Gasteiger partial charge < -0.3 is 10.1 Å². The molecule has 0 aliphatic carbocycles. The summed E-state index contributed by atoms with van der Waals surface area (Å²) in [4.78, 5) is 22.2. The van der Waals surface area contributed by atoms with Gasteiger partial charge in [0.2, 0.25) is 5.91 Å². The SMILES string of the molecule is COC(=O)CNC(C)C(=O)NCC(C)C. The highest BCUT2D eigenvalue weighted by molar-refractivity contribution is 5.82. The lowest BCUT2D eigenvalue weighted by Crippen LogP contribution is -2.45. The molecule has 0 fully saturated rings. The summed E-state index contributed by atoms with van der Waals surface area (Å²) in [5, 5.41) is 5.54. The van der Waals surface area contributed by atoms with Gasteiger partial charge in [0.15, 0.2) is 0 Å². The Labute approximate surface area is 90.6 Å². The minimum Gasteiger partial charge on any atom is -0.468 e. The zero-order valence-electron chi connectivity index (χ0n) is 9.79. The third-order valence-corrected chi connectivity index (χ3v) is 1.86. The van der Waals surface area contributed by atoms with Crippen LogP contribution < -0.4 is 10.6 Å². The van der Waals surface area contributed by atoms with E-state index in [1.165, 1.54) is 7.11 Å². The summed E-state index contributed by atoms with van der Waals surface area (Å²) < 4.78 is 4.45. The number of hydrogen-bond donors (Lipinski definition) is 2. The largest absolute Gasteiger partial charge is 0.468 e. The van der Waals surface area contributed by atoms with Crippen molar-refractivity contribution in [3.63, 3.8) is 0 Å². The van der Waals surface area contributed by atoms with Crippen LogP contribution in [0.3, 0.4) is 0 Å². The normalized spacial score (nSPS) is 12.3. The second-order valence-electron chi connectivity index (χ2n) is 3.82. The Hall–Kier alpha value is -1.10. The molecule has 0 radical (unpaired) electrons. The fourth-order valence-electron chi connectivity index (χ4n) is 0.859. The van der Waals surface area contributed by atoms with Crippen molar-refractivity contribution in [3.8, 4) is 0 Å². The minimum absolute atomic E-state index is 0.0484. The van der Waals surface area contributed by atoms with Gasteiger partial charge in [0.1, 0.15) is 0 Å². The molecule has 0 aromatic heterocycles. The zero-order chi connectivity index (χ0) is 11.8. The molecule has 0 saturated carbocycles. The molecule has 88 valence electrons. The molecule has 0 heterocycles. The van der Waals surface area contributed by atoms with E-state index in [2.05, 4.69) is 15.4 Å². The number of rotatable bonds is 6. The number of esters is 1. The quantitative estimate of drug-likeness (QED) is 0.609. The monoisotopic (exact) mass is 216 g/mol. The van der Waals surface area contributed by atoms with Gasteiger partial charge in [-0.05, 0) is 12.8 Å².